The maximum absolute atomic E-state index is 12.8. The fraction of sp³-hybridized carbons (Fsp3) is 0.533. The van der Waals surface area contributed by atoms with Crippen LogP contribution in [-0.4, -0.2) is 49.6 Å². The van der Waals surface area contributed by atoms with Gasteiger partial charge in [0.15, 0.2) is 0 Å². The van der Waals surface area contributed by atoms with Crippen molar-refractivity contribution in [2.24, 2.45) is 0 Å². The monoisotopic (exact) mass is 343 g/mol. The molecule has 0 unspecified atom stereocenters. The summed E-state index contributed by atoms with van der Waals surface area (Å²) in [5.74, 6) is -0.860. The number of carbonyl (C=O) groups excluding carboxylic acids is 1. The van der Waals surface area contributed by atoms with Crippen molar-refractivity contribution < 1.29 is 17.6 Å². The van der Waals surface area contributed by atoms with Crippen molar-refractivity contribution in [3.63, 3.8) is 0 Å². The summed E-state index contributed by atoms with van der Waals surface area (Å²) in [5, 5.41) is 2.56. The Morgan fingerprint density at radius 3 is 2.30 bits per heavy atom. The van der Waals surface area contributed by atoms with Gasteiger partial charge in [0.2, 0.25) is 5.91 Å². The summed E-state index contributed by atoms with van der Waals surface area (Å²) < 4.78 is 40.3. The summed E-state index contributed by atoms with van der Waals surface area (Å²) in [7, 11) is -2.24. The minimum atomic E-state index is -3.63. The predicted molar refractivity (Wildman–Crippen MR) is 86.6 cm³/mol. The molecule has 0 spiro atoms. The van der Waals surface area contributed by atoms with Gasteiger partial charge in [-0.05, 0) is 37.1 Å². The third-order valence-corrected chi connectivity index (χ3v) is 5.71. The number of halogens is 1. The highest BCUT2D eigenvalue weighted by Gasteiger charge is 2.28. The van der Waals surface area contributed by atoms with Crippen LogP contribution in [0, 0.1) is 5.82 Å². The lowest BCUT2D eigenvalue weighted by atomic mass is 10.2. The smallest absolute Gasteiger partial charge is 0.282 e. The molecule has 1 aliphatic rings. The highest BCUT2D eigenvalue weighted by atomic mass is 32.2. The van der Waals surface area contributed by atoms with E-state index in [1.54, 1.807) is 0 Å². The number of hydrogen-bond acceptors (Lipinski definition) is 3. The van der Waals surface area contributed by atoms with Gasteiger partial charge < -0.3 is 5.32 Å². The minimum Gasteiger partial charge on any atom is -0.325 e. The standard InChI is InChI=1S/C15H22FN3O3S/c1-18(23(21,22)19-10-4-2-3-5-11-19)12-15(20)17-14-8-6-13(16)7-9-14/h6-9H,2-5,10-12H2,1H3,(H,17,20). The summed E-state index contributed by atoms with van der Waals surface area (Å²) in [6.07, 6.45) is 3.74. The van der Waals surface area contributed by atoms with Gasteiger partial charge in [-0.15, -0.1) is 0 Å². The van der Waals surface area contributed by atoms with Crippen LogP contribution in [0.2, 0.25) is 0 Å². The molecule has 2 rings (SSSR count). The maximum Gasteiger partial charge on any atom is 0.282 e. The molecule has 0 aromatic heterocycles. The quantitative estimate of drug-likeness (QED) is 0.886. The highest BCUT2D eigenvalue weighted by Crippen LogP contribution is 2.15. The molecule has 1 saturated heterocycles. The number of anilines is 1. The lowest BCUT2D eigenvalue weighted by molar-refractivity contribution is -0.116. The Morgan fingerprint density at radius 2 is 1.74 bits per heavy atom. The SMILES string of the molecule is CN(CC(=O)Nc1ccc(F)cc1)S(=O)(=O)N1CCCCCC1. The summed E-state index contributed by atoms with van der Waals surface area (Å²) >= 11 is 0. The van der Waals surface area contributed by atoms with E-state index in [2.05, 4.69) is 5.32 Å². The maximum atomic E-state index is 12.8. The molecule has 1 amide bonds. The Hall–Kier alpha value is -1.51. The van der Waals surface area contributed by atoms with Crippen LogP contribution in [0.15, 0.2) is 24.3 Å². The minimum absolute atomic E-state index is 0.282. The van der Waals surface area contributed by atoms with Crippen LogP contribution < -0.4 is 5.32 Å². The molecule has 1 fully saturated rings. The summed E-state index contributed by atoms with van der Waals surface area (Å²) in [6, 6.07) is 5.31. The van der Waals surface area contributed by atoms with Crippen molar-refractivity contribution in [1.82, 2.24) is 8.61 Å². The largest absolute Gasteiger partial charge is 0.325 e. The first kappa shape index (κ1) is 17.8. The van der Waals surface area contributed by atoms with Gasteiger partial charge in [0.25, 0.3) is 10.2 Å². The van der Waals surface area contributed by atoms with E-state index in [1.165, 1.54) is 35.6 Å². The molecule has 1 aromatic rings. The number of rotatable bonds is 5. The molecule has 0 atom stereocenters. The summed E-state index contributed by atoms with van der Waals surface area (Å²) in [5.41, 5.74) is 0.428. The number of likely N-dealkylation sites (N-methyl/N-ethyl adjacent to an activating group) is 1. The van der Waals surface area contributed by atoms with Gasteiger partial charge in [0.05, 0.1) is 6.54 Å². The molecule has 0 aliphatic carbocycles. The molecule has 1 heterocycles. The lowest BCUT2D eigenvalue weighted by Crippen LogP contribution is -2.45. The highest BCUT2D eigenvalue weighted by molar-refractivity contribution is 7.86. The van der Waals surface area contributed by atoms with Crippen molar-refractivity contribution >= 4 is 21.8 Å². The molecule has 128 valence electrons. The third-order valence-electron chi connectivity index (χ3n) is 3.78. The predicted octanol–water partition coefficient (Wildman–Crippen LogP) is 1.82. The number of amides is 1. The van der Waals surface area contributed by atoms with Crippen molar-refractivity contribution in [2.45, 2.75) is 25.7 Å². The van der Waals surface area contributed by atoms with Crippen LogP contribution in [0.5, 0.6) is 0 Å². The molecular weight excluding hydrogens is 321 g/mol. The van der Waals surface area contributed by atoms with Gasteiger partial charge in [-0.1, -0.05) is 12.8 Å². The second-order valence-corrected chi connectivity index (χ2v) is 7.67. The summed E-state index contributed by atoms with van der Waals surface area (Å²) in [6.45, 7) is 0.703. The molecule has 1 aromatic carbocycles. The van der Waals surface area contributed by atoms with E-state index >= 15 is 0 Å². The average molecular weight is 343 g/mol. The van der Waals surface area contributed by atoms with Crippen LogP contribution >= 0.6 is 0 Å². The Balaban J connectivity index is 1.94. The number of nitrogens with one attached hydrogen (secondary N) is 1. The molecular formula is C15H22FN3O3S. The zero-order chi connectivity index (χ0) is 16.9. The molecule has 0 bridgehead atoms. The lowest BCUT2D eigenvalue weighted by Gasteiger charge is -2.26. The first-order valence-electron chi connectivity index (χ1n) is 7.66. The second-order valence-electron chi connectivity index (χ2n) is 5.63. The average Bonchev–Trinajstić information content (AvgIpc) is 2.79. The zero-order valence-electron chi connectivity index (χ0n) is 13.2. The van der Waals surface area contributed by atoms with E-state index < -0.39 is 21.9 Å². The fourth-order valence-corrected chi connectivity index (χ4v) is 3.88. The van der Waals surface area contributed by atoms with Gasteiger partial charge in [-0.3, -0.25) is 4.79 Å². The number of hydrogen-bond donors (Lipinski definition) is 1. The van der Waals surface area contributed by atoms with Gasteiger partial charge >= 0.3 is 0 Å². The van der Waals surface area contributed by atoms with Crippen LogP contribution in [0.1, 0.15) is 25.7 Å². The fourth-order valence-electron chi connectivity index (χ4n) is 2.49. The van der Waals surface area contributed by atoms with Crippen molar-refractivity contribution in [3.05, 3.63) is 30.1 Å². The van der Waals surface area contributed by atoms with Crippen molar-refractivity contribution in [1.29, 1.82) is 0 Å². The van der Waals surface area contributed by atoms with E-state index in [9.17, 15) is 17.6 Å². The van der Waals surface area contributed by atoms with Gasteiger partial charge in [-0.2, -0.15) is 17.0 Å². The van der Waals surface area contributed by atoms with Gasteiger partial charge in [0, 0.05) is 25.8 Å². The first-order valence-corrected chi connectivity index (χ1v) is 9.06. The van der Waals surface area contributed by atoms with Gasteiger partial charge in [-0.25, -0.2) is 4.39 Å². The first-order chi connectivity index (χ1) is 10.9. The molecule has 0 saturated carbocycles. The van der Waals surface area contributed by atoms with E-state index in [0.29, 0.717) is 18.8 Å². The Kier molecular flexibility index (Phi) is 6.09. The van der Waals surface area contributed by atoms with Crippen LogP contribution in [-0.2, 0) is 15.0 Å². The Labute approximate surface area is 136 Å². The van der Waals surface area contributed by atoms with Crippen LogP contribution in [0.25, 0.3) is 0 Å². The van der Waals surface area contributed by atoms with Gasteiger partial charge in [0.1, 0.15) is 5.82 Å². The van der Waals surface area contributed by atoms with Crippen molar-refractivity contribution in [3.8, 4) is 0 Å². The van der Waals surface area contributed by atoms with E-state index in [-0.39, 0.29) is 6.54 Å². The summed E-state index contributed by atoms with van der Waals surface area (Å²) in [4.78, 5) is 12.0. The van der Waals surface area contributed by atoms with E-state index in [4.69, 9.17) is 0 Å². The topological polar surface area (TPSA) is 69.7 Å². The van der Waals surface area contributed by atoms with E-state index in [0.717, 1.165) is 30.0 Å². The molecule has 8 heteroatoms. The Morgan fingerprint density at radius 1 is 1.17 bits per heavy atom. The normalized spacial score (nSPS) is 17.0. The van der Waals surface area contributed by atoms with Crippen LogP contribution in [0.4, 0.5) is 10.1 Å². The third kappa shape index (κ3) is 4.98. The Bertz CT molecular complexity index is 626. The molecule has 1 N–H and O–H groups in total. The molecule has 0 radical (unpaired) electrons. The number of nitrogens with zero attached hydrogens (tertiary/aromatic N) is 2. The number of benzene rings is 1. The van der Waals surface area contributed by atoms with E-state index in [1.807, 2.05) is 0 Å². The van der Waals surface area contributed by atoms with Crippen LogP contribution in [0.3, 0.4) is 0 Å². The molecule has 1 aliphatic heterocycles. The number of carbonyl (C=O) groups is 1. The molecule has 23 heavy (non-hydrogen) atoms. The molecule has 6 nitrogen and oxygen atoms in total. The second kappa shape index (κ2) is 7.85. The zero-order valence-corrected chi connectivity index (χ0v) is 14.0. The van der Waals surface area contributed by atoms with Crippen molar-refractivity contribution in [2.75, 3.05) is 32.0 Å².